The summed E-state index contributed by atoms with van der Waals surface area (Å²) < 4.78 is 6.70. The molecule has 0 saturated carbocycles. The van der Waals surface area contributed by atoms with Gasteiger partial charge in [0, 0.05) is 18.5 Å². The molecule has 4 heterocycles. The molecule has 0 atom stereocenters. The summed E-state index contributed by atoms with van der Waals surface area (Å²) >= 11 is 0. The fourth-order valence-corrected chi connectivity index (χ4v) is 4.41. The zero-order valence-electron chi connectivity index (χ0n) is 19.2. The van der Waals surface area contributed by atoms with Crippen LogP contribution in [-0.2, 0) is 17.9 Å². The Hall–Kier alpha value is -3.72. The zero-order chi connectivity index (χ0) is 23.5. The van der Waals surface area contributed by atoms with E-state index in [0.717, 1.165) is 49.3 Å². The average molecular weight is 461 g/mol. The minimum Gasteiger partial charge on any atom is -0.463 e. The summed E-state index contributed by atoms with van der Waals surface area (Å²) in [5.41, 5.74) is 3.63. The Kier molecular flexibility index (Phi) is 6.27. The number of imidazole rings is 1. The van der Waals surface area contributed by atoms with E-state index in [4.69, 9.17) is 4.42 Å². The number of benzene rings is 1. The molecule has 1 aliphatic rings. The zero-order valence-corrected chi connectivity index (χ0v) is 19.2. The number of rotatable bonds is 7. The molecule has 34 heavy (non-hydrogen) atoms. The Bertz CT molecular complexity index is 1330. The van der Waals surface area contributed by atoms with Crippen LogP contribution >= 0.6 is 0 Å². The normalized spacial score (nSPS) is 15.1. The van der Waals surface area contributed by atoms with Gasteiger partial charge in [-0.25, -0.2) is 9.67 Å². The lowest BCUT2D eigenvalue weighted by atomic mass is 9.96. The monoisotopic (exact) mass is 460 g/mol. The van der Waals surface area contributed by atoms with E-state index in [1.165, 1.54) is 16.3 Å². The van der Waals surface area contributed by atoms with Gasteiger partial charge in [0.1, 0.15) is 11.5 Å². The second-order valence-corrected chi connectivity index (χ2v) is 8.80. The molecule has 1 fully saturated rings. The van der Waals surface area contributed by atoms with Crippen LogP contribution in [-0.4, -0.2) is 50.2 Å². The number of piperidine rings is 1. The van der Waals surface area contributed by atoms with Gasteiger partial charge in [0.15, 0.2) is 5.76 Å². The second-order valence-electron chi connectivity index (χ2n) is 8.80. The van der Waals surface area contributed by atoms with Crippen molar-refractivity contribution in [2.75, 3.05) is 19.6 Å². The molecule has 0 bridgehead atoms. The molecule has 0 spiro atoms. The lowest BCUT2D eigenvalue weighted by Crippen LogP contribution is -2.41. The molecule has 9 nitrogen and oxygen atoms in total. The van der Waals surface area contributed by atoms with E-state index in [9.17, 15) is 9.59 Å². The highest BCUT2D eigenvalue weighted by Crippen LogP contribution is 2.20. The number of aromatic amines is 1. The standard InChI is InChI=1S/C25H28N6O3/c1-17-4-5-19-21(15-17)28-23(27-19)16-30-11-8-18(9-12-30)25(33)26-10-13-31-24(32)7-6-20(29-31)22-3-2-14-34-22/h2-7,14-15,18H,8-13,16H2,1H3,(H,26,33)(H,27,28). The number of furan rings is 1. The fraction of sp³-hybridized carbons (Fsp3) is 0.360. The van der Waals surface area contributed by atoms with Gasteiger partial charge in [0.05, 0.1) is 30.4 Å². The maximum Gasteiger partial charge on any atom is 0.266 e. The molecule has 9 heteroatoms. The van der Waals surface area contributed by atoms with Gasteiger partial charge >= 0.3 is 0 Å². The number of aryl methyl sites for hydroxylation is 1. The van der Waals surface area contributed by atoms with Gasteiger partial charge in [-0.15, -0.1) is 0 Å². The summed E-state index contributed by atoms with van der Waals surface area (Å²) in [4.78, 5) is 35.2. The Morgan fingerprint density at radius 2 is 2.06 bits per heavy atom. The van der Waals surface area contributed by atoms with Crippen molar-refractivity contribution in [3.63, 3.8) is 0 Å². The fourth-order valence-electron chi connectivity index (χ4n) is 4.41. The number of carbonyl (C=O) groups excluding carboxylic acids is 1. The van der Waals surface area contributed by atoms with Gasteiger partial charge < -0.3 is 14.7 Å². The lowest BCUT2D eigenvalue weighted by molar-refractivity contribution is -0.126. The lowest BCUT2D eigenvalue weighted by Gasteiger charge is -2.30. The molecule has 1 aliphatic heterocycles. The molecule has 0 radical (unpaired) electrons. The number of carbonyl (C=O) groups is 1. The first-order valence-corrected chi connectivity index (χ1v) is 11.6. The molecule has 5 rings (SSSR count). The van der Waals surface area contributed by atoms with E-state index in [1.807, 2.05) is 6.07 Å². The first-order valence-electron chi connectivity index (χ1n) is 11.6. The van der Waals surface area contributed by atoms with Crippen LogP contribution in [0.2, 0.25) is 0 Å². The second kappa shape index (κ2) is 9.64. The largest absolute Gasteiger partial charge is 0.463 e. The Labute approximate surface area is 196 Å². The highest BCUT2D eigenvalue weighted by atomic mass is 16.3. The van der Waals surface area contributed by atoms with Crippen molar-refractivity contribution in [1.29, 1.82) is 0 Å². The minimum atomic E-state index is -0.210. The van der Waals surface area contributed by atoms with Crippen LogP contribution in [0.15, 0.2) is 57.9 Å². The molecule has 1 saturated heterocycles. The molecular formula is C25H28N6O3. The average Bonchev–Trinajstić information content (AvgIpc) is 3.50. The third-order valence-corrected chi connectivity index (χ3v) is 6.28. The van der Waals surface area contributed by atoms with Crippen LogP contribution in [0.4, 0.5) is 0 Å². The van der Waals surface area contributed by atoms with Crippen LogP contribution in [0.1, 0.15) is 24.2 Å². The van der Waals surface area contributed by atoms with E-state index < -0.39 is 0 Å². The van der Waals surface area contributed by atoms with Gasteiger partial charge in [0.25, 0.3) is 5.56 Å². The topological polar surface area (TPSA) is 109 Å². The summed E-state index contributed by atoms with van der Waals surface area (Å²) in [7, 11) is 0. The van der Waals surface area contributed by atoms with Gasteiger partial charge in [0.2, 0.25) is 5.91 Å². The maximum absolute atomic E-state index is 12.7. The van der Waals surface area contributed by atoms with Crippen molar-refractivity contribution in [1.82, 2.24) is 30.0 Å². The number of hydrogen-bond donors (Lipinski definition) is 2. The van der Waals surface area contributed by atoms with Gasteiger partial charge in [-0.05, 0) is 68.8 Å². The Balaban J connectivity index is 1.09. The number of likely N-dealkylation sites (tertiary alicyclic amines) is 1. The number of fused-ring (bicyclic) bond motifs is 1. The molecular weight excluding hydrogens is 432 g/mol. The minimum absolute atomic E-state index is 0.0197. The predicted molar refractivity (Wildman–Crippen MR) is 128 cm³/mol. The number of hydrogen-bond acceptors (Lipinski definition) is 6. The van der Waals surface area contributed by atoms with E-state index in [-0.39, 0.29) is 17.4 Å². The van der Waals surface area contributed by atoms with Gasteiger partial charge in [-0.1, -0.05) is 6.07 Å². The van der Waals surface area contributed by atoms with Crippen molar-refractivity contribution in [2.24, 2.45) is 5.92 Å². The first-order chi connectivity index (χ1) is 16.5. The Morgan fingerprint density at radius 3 is 2.85 bits per heavy atom. The molecule has 1 amide bonds. The van der Waals surface area contributed by atoms with Crippen LogP contribution in [0.3, 0.4) is 0 Å². The smallest absolute Gasteiger partial charge is 0.266 e. The Morgan fingerprint density at radius 1 is 1.21 bits per heavy atom. The quantitative estimate of drug-likeness (QED) is 0.439. The first kappa shape index (κ1) is 22.1. The molecule has 176 valence electrons. The van der Waals surface area contributed by atoms with Crippen molar-refractivity contribution < 1.29 is 9.21 Å². The van der Waals surface area contributed by atoms with Gasteiger partial charge in [-0.3, -0.25) is 14.5 Å². The number of nitrogens with one attached hydrogen (secondary N) is 2. The summed E-state index contributed by atoms with van der Waals surface area (Å²) in [5.74, 6) is 1.57. The van der Waals surface area contributed by atoms with Gasteiger partial charge in [-0.2, -0.15) is 5.10 Å². The summed E-state index contributed by atoms with van der Waals surface area (Å²) in [6, 6.07) is 12.9. The molecule has 1 aromatic carbocycles. The molecule has 0 unspecified atom stereocenters. The number of aromatic nitrogens is 4. The molecule has 3 aromatic heterocycles. The van der Waals surface area contributed by atoms with E-state index in [1.54, 1.807) is 24.5 Å². The van der Waals surface area contributed by atoms with Crippen molar-refractivity contribution in [3.05, 3.63) is 70.5 Å². The van der Waals surface area contributed by atoms with E-state index in [0.29, 0.717) is 24.5 Å². The van der Waals surface area contributed by atoms with Crippen LogP contribution in [0.25, 0.3) is 22.5 Å². The number of amides is 1. The molecule has 4 aromatic rings. The van der Waals surface area contributed by atoms with Crippen molar-refractivity contribution >= 4 is 16.9 Å². The third-order valence-electron chi connectivity index (χ3n) is 6.28. The van der Waals surface area contributed by atoms with Crippen LogP contribution in [0.5, 0.6) is 0 Å². The molecule has 0 aliphatic carbocycles. The maximum atomic E-state index is 12.7. The summed E-state index contributed by atoms with van der Waals surface area (Å²) in [6.45, 7) is 5.18. The van der Waals surface area contributed by atoms with Crippen molar-refractivity contribution in [3.8, 4) is 11.5 Å². The summed E-state index contributed by atoms with van der Waals surface area (Å²) in [6.07, 6.45) is 3.17. The third kappa shape index (κ3) is 4.94. The highest BCUT2D eigenvalue weighted by Gasteiger charge is 2.25. The van der Waals surface area contributed by atoms with Crippen LogP contribution in [0, 0.1) is 12.8 Å². The van der Waals surface area contributed by atoms with Crippen LogP contribution < -0.4 is 10.9 Å². The summed E-state index contributed by atoms with van der Waals surface area (Å²) in [5, 5.41) is 7.31. The molecule has 2 N–H and O–H groups in total. The number of H-pyrrole nitrogens is 1. The van der Waals surface area contributed by atoms with E-state index >= 15 is 0 Å². The van der Waals surface area contributed by atoms with Crippen molar-refractivity contribution in [2.45, 2.75) is 32.9 Å². The number of nitrogens with zero attached hydrogens (tertiary/aromatic N) is 4. The van der Waals surface area contributed by atoms with E-state index in [2.05, 4.69) is 44.3 Å². The SMILES string of the molecule is Cc1ccc2nc(CN3CCC(C(=O)NCCn4nc(-c5ccco5)ccc4=O)CC3)[nH]c2c1. The highest BCUT2D eigenvalue weighted by molar-refractivity contribution is 5.78. The predicted octanol–water partition coefficient (Wildman–Crippen LogP) is 2.72.